The van der Waals surface area contributed by atoms with Crippen molar-refractivity contribution in [2.45, 2.75) is 32.7 Å². The van der Waals surface area contributed by atoms with Gasteiger partial charge in [0.15, 0.2) is 11.5 Å². The van der Waals surface area contributed by atoms with Crippen molar-refractivity contribution in [3.05, 3.63) is 30.1 Å². The van der Waals surface area contributed by atoms with E-state index in [1.165, 1.54) is 5.69 Å². The van der Waals surface area contributed by atoms with Crippen molar-refractivity contribution in [2.24, 2.45) is 0 Å². The molecule has 5 rings (SSSR count). The van der Waals surface area contributed by atoms with Crippen LogP contribution in [0.3, 0.4) is 0 Å². The molecule has 0 bridgehead atoms. The number of amides is 1. The third kappa shape index (κ3) is 5.24. The summed E-state index contributed by atoms with van der Waals surface area (Å²) in [6, 6.07) is 6.54. The van der Waals surface area contributed by atoms with Crippen LogP contribution in [0, 0.1) is 6.92 Å². The van der Waals surface area contributed by atoms with Crippen molar-refractivity contribution in [1.82, 2.24) is 24.8 Å². The minimum absolute atomic E-state index is 0.185. The lowest BCUT2D eigenvalue weighted by atomic mass is 10.1. The Morgan fingerprint density at radius 1 is 1.20 bits per heavy atom. The summed E-state index contributed by atoms with van der Waals surface area (Å²) in [5.41, 5.74) is 4.61. The number of nitrogens with zero attached hydrogens (tertiary/aromatic N) is 5. The minimum atomic E-state index is -0.245. The molecular formula is C24H32N8O3. The van der Waals surface area contributed by atoms with E-state index in [1.807, 2.05) is 6.92 Å². The molecule has 1 aromatic carbocycles. The summed E-state index contributed by atoms with van der Waals surface area (Å²) in [6.45, 7) is 8.90. The second kappa shape index (κ2) is 10.3. The van der Waals surface area contributed by atoms with Crippen LogP contribution in [0.4, 0.5) is 27.9 Å². The van der Waals surface area contributed by atoms with E-state index in [0.29, 0.717) is 37.1 Å². The molecule has 11 nitrogen and oxygen atoms in total. The first-order valence-electron chi connectivity index (χ1n) is 12.2. The van der Waals surface area contributed by atoms with Crippen molar-refractivity contribution in [1.29, 1.82) is 0 Å². The highest BCUT2D eigenvalue weighted by atomic mass is 16.6. The molecule has 186 valence electrons. The van der Waals surface area contributed by atoms with E-state index in [-0.39, 0.29) is 12.1 Å². The number of carbonyl (C=O) groups excluding carboxylic acids is 1. The zero-order valence-electron chi connectivity index (χ0n) is 20.2. The van der Waals surface area contributed by atoms with E-state index in [9.17, 15) is 4.79 Å². The molecule has 2 saturated heterocycles. The Morgan fingerprint density at radius 3 is 2.74 bits per heavy atom. The van der Waals surface area contributed by atoms with Crippen LogP contribution in [0.5, 0.6) is 0 Å². The van der Waals surface area contributed by atoms with Crippen molar-refractivity contribution < 1.29 is 14.3 Å². The molecule has 0 saturated carbocycles. The number of hydrogen-bond donors (Lipinski definition) is 3. The highest BCUT2D eigenvalue weighted by molar-refractivity contribution is 5.84. The molecule has 3 N–H and O–H groups in total. The number of aromatic nitrogens is 4. The lowest BCUT2D eigenvalue weighted by Gasteiger charge is -2.31. The number of hydrogen-bond acceptors (Lipinski definition) is 9. The van der Waals surface area contributed by atoms with Crippen molar-refractivity contribution in [3.8, 4) is 0 Å². The molecule has 2 aliphatic heterocycles. The first kappa shape index (κ1) is 23.2. The van der Waals surface area contributed by atoms with E-state index in [4.69, 9.17) is 14.5 Å². The molecule has 0 aliphatic carbocycles. The van der Waals surface area contributed by atoms with Crippen molar-refractivity contribution in [3.63, 3.8) is 0 Å². The number of carbonyl (C=O) groups is 1. The maximum Gasteiger partial charge on any atom is 0.409 e. The van der Waals surface area contributed by atoms with Crippen LogP contribution in [0.25, 0.3) is 11.2 Å². The number of nitrogens with one attached hydrogen (secondary N) is 3. The van der Waals surface area contributed by atoms with E-state index in [2.05, 4.69) is 55.6 Å². The number of likely N-dealkylation sites (tertiary alicyclic amines) is 1. The fourth-order valence-electron chi connectivity index (χ4n) is 4.53. The first-order valence-corrected chi connectivity index (χ1v) is 12.2. The summed E-state index contributed by atoms with van der Waals surface area (Å²) >= 11 is 0. The van der Waals surface area contributed by atoms with E-state index >= 15 is 0 Å². The standard InChI is InChI=1S/C24H32N8O3/c1-3-35-24(33)32-8-6-17(7-9-32)27-22-20-21(26-15-25-20)29-23(30-22)28-19-5-4-18(14-16(19)2)31-10-12-34-13-11-31/h4-5,14-15,17H,3,6-13H2,1-2H3,(H3,25,26,27,28,29,30). The molecule has 2 fully saturated rings. The fraction of sp³-hybridized carbons (Fsp3) is 0.500. The number of benzene rings is 1. The molecule has 0 radical (unpaired) electrons. The maximum absolute atomic E-state index is 12.0. The summed E-state index contributed by atoms with van der Waals surface area (Å²) in [4.78, 5) is 32.9. The summed E-state index contributed by atoms with van der Waals surface area (Å²) < 4.78 is 10.6. The van der Waals surface area contributed by atoms with Crippen LogP contribution in [0.1, 0.15) is 25.3 Å². The van der Waals surface area contributed by atoms with Gasteiger partial charge in [-0.2, -0.15) is 9.97 Å². The van der Waals surface area contributed by atoms with Crippen LogP contribution in [0.15, 0.2) is 24.5 Å². The van der Waals surface area contributed by atoms with E-state index in [1.54, 1.807) is 11.2 Å². The second-order valence-corrected chi connectivity index (χ2v) is 8.83. The van der Waals surface area contributed by atoms with Gasteiger partial charge in [0.05, 0.1) is 26.1 Å². The van der Waals surface area contributed by atoms with Crippen molar-refractivity contribution in [2.75, 3.05) is 61.5 Å². The number of imidazole rings is 1. The van der Waals surface area contributed by atoms with Gasteiger partial charge < -0.3 is 34.9 Å². The lowest BCUT2D eigenvalue weighted by Crippen LogP contribution is -2.42. The average Bonchev–Trinajstić information content (AvgIpc) is 3.35. The largest absolute Gasteiger partial charge is 0.450 e. The number of ether oxygens (including phenoxy) is 2. The Labute approximate surface area is 204 Å². The Bertz CT molecular complexity index is 1170. The molecule has 11 heteroatoms. The third-order valence-electron chi connectivity index (χ3n) is 6.48. The zero-order valence-corrected chi connectivity index (χ0v) is 20.2. The zero-order chi connectivity index (χ0) is 24.2. The van der Waals surface area contributed by atoms with Gasteiger partial charge in [-0.15, -0.1) is 0 Å². The number of piperidine rings is 1. The van der Waals surface area contributed by atoms with Gasteiger partial charge in [-0.25, -0.2) is 9.78 Å². The average molecular weight is 481 g/mol. The Balaban J connectivity index is 1.29. The van der Waals surface area contributed by atoms with Crippen LogP contribution >= 0.6 is 0 Å². The molecule has 35 heavy (non-hydrogen) atoms. The predicted molar refractivity (Wildman–Crippen MR) is 134 cm³/mol. The van der Waals surface area contributed by atoms with Crippen LogP contribution in [-0.4, -0.2) is 83.0 Å². The normalized spacial score (nSPS) is 17.0. The number of morpholine rings is 1. The Morgan fingerprint density at radius 2 is 2.00 bits per heavy atom. The van der Waals surface area contributed by atoms with Crippen LogP contribution in [-0.2, 0) is 9.47 Å². The van der Waals surface area contributed by atoms with Gasteiger partial charge in [-0.1, -0.05) is 0 Å². The predicted octanol–water partition coefficient (Wildman–Crippen LogP) is 3.27. The molecule has 3 aromatic rings. The lowest BCUT2D eigenvalue weighted by molar-refractivity contribution is 0.0983. The highest BCUT2D eigenvalue weighted by Crippen LogP contribution is 2.27. The number of fused-ring (bicyclic) bond motifs is 1. The summed E-state index contributed by atoms with van der Waals surface area (Å²) in [5, 5.41) is 6.90. The second-order valence-electron chi connectivity index (χ2n) is 8.83. The number of aryl methyl sites for hydroxylation is 1. The molecule has 0 atom stereocenters. The van der Waals surface area contributed by atoms with Gasteiger partial charge in [0.25, 0.3) is 0 Å². The topological polar surface area (TPSA) is 121 Å². The SMILES string of the molecule is CCOC(=O)N1CCC(Nc2nc(Nc3ccc(N4CCOCC4)cc3C)nc3nc[nH]c23)CC1. The van der Waals surface area contributed by atoms with Gasteiger partial charge in [-0.05, 0) is 50.5 Å². The molecule has 0 unspecified atom stereocenters. The number of aromatic amines is 1. The van der Waals surface area contributed by atoms with Gasteiger partial charge >= 0.3 is 6.09 Å². The van der Waals surface area contributed by atoms with Gasteiger partial charge in [-0.3, -0.25) is 0 Å². The smallest absolute Gasteiger partial charge is 0.409 e. The Kier molecular flexibility index (Phi) is 6.84. The molecular weight excluding hydrogens is 448 g/mol. The summed E-state index contributed by atoms with van der Waals surface area (Å²) in [6.07, 6.45) is 3.00. The minimum Gasteiger partial charge on any atom is -0.450 e. The molecule has 2 aliphatic rings. The first-order chi connectivity index (χ1) is 17.1. The fourth-order valence-corrected chi connectivity index (χ4v) is 4.53. The molecule has 0 spiro atoms. The quantitative estimate of drug-likeness (QED) is 0.488. The molecule has 4 heterocycles. The van der Waals surface area contributed by atoms with E-state index < -0.39 is 0 Å². The monoisotopic (exact) mass is 480 g/mol. The van der Waals surface area contributed by atoms with Crippen molar-refractivity contribution >= 4 is 40.4 Å². The van der Waals surface area contributed by atoms with Crippen LogP contribution < -0.4 is 15.5 Å². The van der Waals surface area contributed by atoms with Crippen LogP contribution in [0.2, 0.25) is 0 Å². The number of rotatable bonds is 6. The molecule has 2 aromatic heterocycles. The highest BCUT2D eigenvalue weighted by Gasteiger charge is 2.25. The number of anilines is 4. The Hall–Kier alpha value is -3.60. The van der Waals surface area contributed by atoms with Gasteiger partial charge in [0.2, 0.25) is 5.95 Å². The van der Waals surface area contributed by atoms with E-state index in [0.717, 1.165) is 55.9 Å². The third-order valence-corrected chi connectivity index (χ3v) is 6.48. The maximum atomic E-state index is 12.0. The number of H-pyrrole nitrogens is 1. The summed E-state index contributed by atoms with van der Waals surface area (Å²) in [7, 11) is 0. The summed E-state index contributed by atoms with van der Waals surface area (Å²) in [5.74, 6) is 1.19. The van der Waals surface area contributed by atoms with Gasteiger partial charge in [0.1, 0.15) is 5.52 Å². The molecule has 1 amide bonds. The van der Waals surface area contributed by atoms with Gasteiger partial charge in [0, 0.05) is 43.6 Å².